The number of nitrogens with zero attached hydrogens (tertiary/aromatic N) is 1. The second-order valence-electron chi connectivity index (χ2n) is 12.4. The van der Waals surface area contributed by atoms with Crippen molar-refractivity contribution in [2.24, 2.45) is 16.9 Å². The molecular formula is C37H32N4S6. The maximum atomic E-state index is 9.55. The van der Waals surface area contributed by atoms with E-state index in [4.69, 9.17) is 24.2 Å². The van der Waals surface area contributed by atoms with Crippen molar-refractivity contribution in [1.82, 2.24) is 0 Å². The number of thiophene rings is 4. The lowest BCUT2D eigenvalue weighted by Gasteiger charge is -2.27. The predicted octanol–water partition coefficient (Wildman–Crippen LogP) is 11.2. The highest BCUT2D eigenvalue weighted by Crippen LogP contribution is 2.64. The summed E-state index contributed by atoms with van der Waals surface area (Å²) in [5.41, 5.74) is 16.8. The van der Waals surface area contributed by atoms with Crippen LogP contribution in [0.15, 0.2) is 65.8 Å². The second kappa shape index (κ2) is 11.2. The number of nitrogens with two attached hydrogens (primary N) is 2. The molecule has 2 atom stereocenters. The number of allylic oxidation sites excluding steroid dienone is 4. The summed E-state index contributed by atoms with van der Waals surface area (Å²) in [6.45, 7) is 11.0. The van der Waals surface area contributed by atoms with E-state index in [1.54, 1.807) is 45.3 Å². The average molecular weight is 725 g/mol. The molecule has 0 bridgehead atoms. The third-order valence-electron chi connectivity index (χ3n) is 9.48. The zero-order chi connectivity index (χ0) is 32.9. The molecule has 4 aromatic heterocycles. The Morgan fingerprint density at radius 3 is 2.34 bits per heavy atom. The first kappa shape index (κ1) is 31.2. The maximum Gasteiger partial charge on any atom is 0.0995 e. The lowest BCUT2D eigenvalue weighted by molar-refractivity contribution is 0.647. The average Bonchev–Trinajstić information content (AvgIpc) is 3.88. The molecule has 2 aliphatic carbocycles. The largest absolute Gasteiger partial charge is 0.391 e. The standard InChI is InChI=1S/C37H32N4S6/c1-16(23-9-7-17(2)43-23)6-8-22(42)27-14-20-35(41-40)30-19(4)33-32(18(3)31(30)36(20)46-27)34(39)21-15-28(47-37(21,33)5)26-11-10-24(44-26)25-12-13-29(38)45-25/h6-15,21,39,42H,38,40H2,1-5H3/b16-6+,22-8-,39-34?,41-35+. The molecule has 236 valence electrons. The van der Waals surface area contributed by atoms with Gasteiger partial charge in [0, 0.05) is 77.8 Å². The Hall–Kier alpha value is -3.12. The van der Waals surface area contributed by atoms with Crippen LogP contribution in [0.1, 0.15) is 66.7 Å². The van der Waals surface area contributed by atoms with E-state index in [-0.39, 0.29) is 10.7 Å². The van der Waals surface area contributed by atoms with Crippen LogP contribution < -0.4 is 11.6 Å². The minimum atomic E-state index is -0.281. The van der Waals surface area contributed by atoms with Crippen LogP contribution in [0.3, 0.4) is 0 Å². The van der Waals surface area contributed by atoms with Crippen molar-refractivity contribution in [2.75, 3.05) is 5.73 Å². The van der Waals surface area contributed by atoms with E-state index in [0.717, 1.165) is 47.6 Å². The number of hydrazone groups is 1. The van der Waals surface area contributed by atoms with E-state index in [2.05, 4.69) is 94.3 Å². The molecular weight excluding hydrogens is 693 g/mol. The molecule has 0 fully saturated rings. The molecule has 3 aliphatic rings. The fraction of sp³-hybridized carbons (Fsp3) is 0.189. The molecule has 5 N–H and O–H groups in total. The van der Waals surface area contributed by atoms with Gasteiger partial charge in [-0.05, 0) is 105 Å². The SMILES string of the molecule is C/C(=C\C=C(/S)c1cc2c(s1)-c1c(C)c3c(c(C)c1/C2=N/N)C1(C)SC(c2ccc(-c4ccc(N)s4)s2)=CC1C3=N)c1ccc(C)s1. The molecule has 5 heterocycles. The van der Waals surface area contributed by atoms with Gasteiger partial charge in [-0.25, -0.2) is 0 Å². The Balaban J connectivity index is 1.17. The number of nitrogens with one attached hydrogen (secondary N) is 1. The Bertz CT molecular complexity index is 2300. The van der Waals surface area contributed by atoms with Gasteiger partial charge < -0.3 is 17.0 Å². The van der Waals surface area contributed by atoms with E-state index in [1.165, 1.54) is 51.6 Å². The number of thiol groups is 1. The number of aryl methyl sites for hydroxylation is 1. The predicted molar refractivity (Wildman–Crippen MR) is 214 cm³/mol. The van der Waals surface area contributed by atoms with Gasteiger partial charge in [-0.1, -0.05) is 12.2 Å². The molecule has 8 rings (SSSR count). The fourth-order valence-electron chi connectivity index (χ4n) is 7.28. The minimum Gasteiger partial charge on any atom is -0.391 e. The van der Waals surface area contributed by atoms with Crippen LogP contribution in [0.2, 0.25) is 0 Å². The molecule has 2 unspecified atom stereocenters. The molecule has 10 heteroatoms. The van der Waals surface area contributed by atoms with Crippen molar-refractivity contribution >= 4 is 102 Å². The lowest BCUT2D eigenvalue weighted by atomic mass is 9.86. The second-order valence-corrected chi connectivity index (χ2v) is 18.9. The van der Waals surface area contributed by atoms with Crippen LogP contribution in [0, 0.1) is 32.1 Å². The van der Waals surface area contributed by atoms with Gasteiger partial charge in [0.05, 0.1) is 15.5 Å². The third-order valence-corrected chi connectivity index (χ3v) is 16.2. The first-order valence-corrected chi connectivity index (χ1v) is 19.7. The normalized spacial score (nSPS) is 21.0. The molecule has 5 aromatic rings. The Labute approximate surface area is 300 Å². The number of nitrogen functional groups attached to an aromatic ring is 1. The summed E-state index contributed by atoms with van der Waals surface area (Å²) >= 11 is 13.8. The zero-order valence-electron chi connectivity index (χ0n) is 26.4. The smallest absolute Gasteiger partial charge is 0.0995 e. The van der Waals surface area contributed by atoms with Crippen molar-refractivity contribution in [3.8, 4) is 20.2 Å². The van der Waals surface area contributed by atoms with Gasteiger partial charge in [0.2, 0.25) is 0 Å². The fourth-order valence-corrected chi connectivity index (χ4v) is 13.1. The van der Waals surface area contributed by atoms with Gasteiger partial charge in [-0.3, -0.25) is 0 Å². The molecule has 0 saturated heterocycles. The van der Waals surface area contributed by atoms with Crippen molar-refractivity contribution in [3.63, 3.8) is 0 Å². The highest BCUT2D eigenvalue weighted by molar-refractivity contribution is 8.09. The number of rotatable bonds is 5. The molecule has 0 spiro atoms. The van der Waals surface area contributed by atoms with Crippen molar-refractivity contribution in [2.45, 2.75) is 39.4 Å². The van der Waals surface area contributed by atoms with Crippen molar-refractivity contribution in [3.05, 3.63) is 114 Å². The van der Waals surface area contributed by atoms with Gasteiger partial charge >= 0.3 is 0 Å². The van der Waals surface area contributed by atoms with Gasteiger partial charge in [-0.2, -0.15) is 5.10 Å². The minimum absolute atomic E-state index is 0.00821. The number of fused-ring (bicyclic) bond motifs is 6. The summed E-state index contributed by atoms with van der Waals surface area (Å²) in [5, 5.41) is 14.8. The van der Waals surface area contributed by atoms with Crippen LogP contribution in [0.4, 0.5) is 5.00 Å². The van der Waals surface area contributed by atoms with Crippen LogP contribution in [-0.2, 0) is 4.75 Å². The molecule has 47 heavy (non-hydrogen) atoms. The highest BCUT2D eigenvalue weighted by atomic mass is 32.2. The monoisotopic (exact) mass is 724 g/mol. The molecule has 0 saturated carbocycles. The number of hydrogen-bond donors (Lipinski definition) is 4. The van der Waals surface area contributed by atoms with E-state index in [1.807, 2.05) is 17.8 Å². The number of benzene rings is 1. The summed E-state index contributed by atoms with van der Waals surface area (Å²) in [5.74, 6) is 6.17. The van der Waals surface area contributed by atoms with Crippen molar-refractivity contribution < 1.29 is 0 Å². The van der Waals surface area contributed by atoms with E-state index < -0.39 is 0 Å². The third kappa shape index (κ3) is 4.67. The van der Waals surface area contributed by atoms with Crippen molar-refractivity contribution in [1.29, 1.82) is 5.41 Å². The van der Waals surface area contributed by atoms with E-state index >= 15 is 0 Å². The number of anilines is 1. The molecule has 4 nitrogen and oxygen atoms in total. The van der Waals surface area contributed by atoms with E-state index in [9.17, 15) is 5.41 Å². The molecule has 0 radical (unpaired) electrons. The lowest BCUT2D eigenvalue weighted by Crippen LogP contribution is -2.22. The van der Waals surface area contributed by atoms with Gasteiger partial charge in [0.15, 0.2) is 0 Å². The Kier molecular flexibility index (Phi) is 7.44. The quantitative estimate of drug-likeness (QED) is 0.0618. The Morgan fingerprint density at radius 2 is 1.64 bits per heavy atom. The summed E-state index contributed by atoms with van der Waals surface area (Å²) in [7, 11) is 0. The topological polar surface area (TPSA) is 88.2 Å². The molecule has 1 aliphatic heterocycles. The Morgan fingerprint density at radius 1 is 0.894 bits per heavy atom. The van der Waals surface area contributed by atoms with Crippen LogP contribution in [0.5, 0.6) is 0 Å². The first-order chi connectivity index (χ1) is 22.5. The molecule has 1 aromatic carbocycles. The summed E-state index contributed by atoms with van der Waals surface area (Å²) in [6.07, 6.45) is 6.55. The number of thioether (sulfide) groups is 1. The van der Waals surface area contributed by atoms with E-state index in [0.29, 0.717) is 5.71 Å². The summed E-state index contributed by atoms with van der Waals surface area (Å²) in [4.78, 5) is 10.6. The zero-order valence-corrected chi connectivity index (χ0v) is 31.4. The van der Waals surface area contributed by atoms with Gasteiger partial charge in [0.25, 0.3) is 0 Å². The van der Waals surface area contributed by atoms with Gasteiger partial charge in [0.1, 0.15) is 0 Å². The number of hydrogen-bond acceptors (Lipinski definition) is 10. The van der Waals surface area contributed by atoms with Crippen LogP contribution in [-0.4, -0.2) is 11.4 Å². The molecule has 0 amide bonds. The maximum absolute atomic E-state index is 9.55. The van der Waals surface area contributed by atoms with Crippen LogP contribution in [0.25, 0.3) is 35.6 Å². The summed E-state index contributed by atoms with van der Waals surface area (Å²) < 4.78 is -0.281. The highest BCUT2D eigenvalue weighted by Gasteiger charge is 2.54. The van der Waals surface area contributed by atoms with Crippen LogP contribution >= 0.6 is 69.7 Å². The summed E-state index contributed by atoms with van der Waals surface area (Å²) in [6, 6.07) is 15.0. The van der Waals surface area contributed by atoms with Gasteiger partial charge in [-0.15, -0.1) is 69.7 Å². The first-order valence-electron chi connectivity index (χ1n) is 15.2.